The van der Waals surface area contributed by atoms with Crippen molar-refractivity contribution in [1.29, 1.82) is 0 Å². The van der Waals surface area contributed by atoms with E-state index in [4.69, 9.17) is 5.11 Å². The minimum Gasteiger partial charge on any atom is -0.480 e. The lowest BCUT2D eigenvalue weighted by Crippen LogP contribution is -2.44. The number of aliphatic carboxylic acids is 1. The molecular formula is C17H20F3N3O4. The van der Waals surface area contributed by atoms with Crippen molar-refractivity contribution >= 4 is 22.9 Å². The normalized spacial score (nSPS) is 12.9. The largest absolute Gasteiger partial charge is 0.480 e. The number of benzene rings is 1. The van der Waals surface area contributed by atoms with Gasteiger partial charge in [0.25, 0.3) is 0 Å². The number of imidazole rings is 1. The van der Waals surface area contributed by atoms with Crippen molar-refractivity contribution in [3.8, 4) is 0 Å². The van der Waals surface area contributed by atoms with E-state index in [0.29, 0.717) is 17.6 Å². The molecule has 0 aliphatic heterocycles. The molecule has 1 atom stereocenters. The molecule has 1 heterocycles. The van der Waals surface area contributed by atoms with E-state index < -0.39 is 30.5 Å². The van der Waals surface area contributed by atoms with Gasteiger partial charge in [0.15, 0.2) is 0 Å². The summed E-state index contributed by atoms with van der Waals surface area (Å²) in [6.07, 6.45) is -5.97. The number of nitrogens with zero attached hydrogens (tertiary/aromatic N) is 2. The molecule has 2 rings (SSSR count). The van der Waals surface area contributed by atoms with Gasteiger partial charge < -0.3 is 10.4 Å². The molecule has 10 heteroatoms. The second-order valence-corrected chi connectivity index (χ2v) is 6.10. The van der Waals surface area contributed by atoms with E-state index in [1.807, 2.05) is 12.2 Å². The van der Waals surface area contributed by atoms with Crippen LogP contribution in [0.4, 0.5) is 13.2 Å². The van der Waals surface area contributed by atoms with Crippen molar-refractivity contribution < 1.29 is 27.9 Å². The SMILES string of the molecule is CCCn1c(=O)n(CCC(=O)NC(CC(F)(F)F)C(=O)O)c2ccccc21. The first-order chi connectivity index (χ1) is 12.6. The van der Waals surface area contributed by atoms with Crippen LogP contribution in [0.15, 0.2) is 29.1 Å². The number of nitrogens with one attached hydrogen (secondary N) is 1. The van der Waals surface area contributed by atoms with E-state index in [9.17, 15) is 27.6 Å². The van der Waals surface area contributed by atoms with Gasteiger partial charge >= 0.3 is 17.8 Å². The number of alkyl halides is 3. The lowest BCUT2D eigenvalue weighted by Gasteiger charge is -2.16. The highest BCUT2D eigenvalue weighted by Gasteiger charge is 2.36. The fraction of sp³-hybridized carbons (Fsp3) is 0.471. The number of rotatable bonds is 8. The summed E-state index contributed by atoms with van der Waals surface area (Å²) in [4.78, 5) is 35.4. The van der Waals surface area contributed by atoms with Crippen LogP contribution in [-0.4, -0.2) is 38.3 Å². The molecule has 0 spiro atoms. The first-order valence-corrected chi connectivity index (χ1v) is 8.41. The predicted octanol–water partition coefficient (Wildman–Crippen LogP) is 2.12. The number of carboxylic acid groups (broad SMARTS) is 1. The number of carboxylic acids is 1. The molecule has 7 nitrogen and oxygen atoms in total. The van der Waals surface area contributed by atoms with Gasteiger partial charge in [-0.05, 0) is 18.6 Å². The standard InChI is InChI=1S/C17H20F3N3O4/c1-2-8-22-12-5-3-4-6-13(12)23(16(22)27)9-7-14(24)21-11(15(25)26)10-17(18,19)20/h3-6,11H,2,7-10H2,1H3,(H,21,24)(H,25,26). The Balaban J connectivity index is 2.14. The van der Waals surface area contributed by atoms with E-state index >= 15 is 0 Å². The summed E-state index contributed by atoms with van der Waals surface area (Å²) >= 11 is 0. The molecule has 27 heavy (non-hydrogen) atoms. The number of para-hydroxylation sites is 2. The van der Waals surface area contributed by atoms with E-state index in [0.717, 1.165) is 6.42 Å². The van der Waals surface area contributed by atoms with Gasteiger partial charge in [-0.25, -0.2) is 9.59 Å². The van der Waals surface area contributed by atoms with Crippen molar-refractivity contribution in [3.05, 3.63) is 34.7 Å². The summed E-state index contributed by atoms with van der Waals surface area (Å²) in [6, 6.07) is 4.94. The topological polar surface area (TPSA) is 93.3 Å². The molecule has 148 valence electrons. The van der Waals surface area contributed by atoms with Crippen molar-refractivity contribution in [3.63, 3.8) is 0 Å². The van der Waals surface area contributed by atoms with Crippen LogP contribution in [0.3, 0.4) is 0 Å². The van der Waals surface area contributed by atoms with Crippen LogP contribution < -0.4 is 11.0 Å². The molecule has 1 unspecified atom stereocenters. The highest BCUT2D eigenvalue weighted by molar-refractivity contribution is 5.83. The van der Waals surface area contributed by atoms with E-state index in [2.05, 4.69) is 0 Å². The van der Waals surface area contributed by atoms with Crippen molar-refractivity contribution in [2.24, 2.45) is 0 Å². The van der Waals surface area contributed by atoms with Gasteiger partial charge in [-0.1, -0.05) is 19.1 Å². The van der Waals surface area contributed by atoms with Crippen LogP contribution in [0, 0.1) is 0 Å². The first kappa shape index (κ1) is 20.5. The van der Waals surface area contributed by atoms with Crippen molar-refractivity contribution in [2.45, 2.75) is 51.5 Å². The molecule has 0 saturated carbocycles. The molecule has 1 amide bonds. The summed E-state index contributed by atoms with van der Waals surface area (Å²) in [7, 11) is 0. The van der Waals surface area contributed by atoms with E-state index in [1.54, 1.807) is 28.8 Å². The van der Waals surface area contributed by atoms with Crippen LogP contribution in [-0.2, 0) is 22.7 Å². The third-order valence-electron chi connectivity index (χ3n) is 4.00. The Kier molecular flexibility index (Phi) is 6.29. The average molecular weight is 387 g/mol. The zero-order valence-corrected chi connectivity index (χ0v) is 14.6. The minimum absolute atomic E-state index is 0.0692. The second-order valence-electron chi connectivity index (χ2n) is 6.10. The number of halogens is 3. The highest BCUT2D eigenvalue weighted by Crippen LogP contribution is 2.21. The maximum atomic E-state index is 12.6. The Morgan fingerprint density at radius 1 is 1.15 bits per heavy atom. The molecule has 0 aliphatic carbocycles. The zero-order chi connectivity index (χ0) is 20.2. The van der Waals surface area contributed by atoms with Gasteiger partial charge in [-0.3, -0.25) is 13.9 Å². The monoisotopic (exact) mass is 387 g/mol. The van der Waals surface area contributed by atoms with Crippen LogP contribution in [0.25, 0.3) is 11.0 Å². The first-order valence-electron chi connectivity index (χ1n) is 8.41. The van der Waals surface area contributed by atoms with E-state index in [-0.39, 0.29) is 18.7 Å². The molecule has 0 saturated heterocycles. The fourth-order valence-electron chi connectivity index (χ4n) is 2.84. The smallest absolute Gasteiger partial charge is 0.391 e. The molecular weight excluding hydrogens is 367 g/mol. The molecule has 0 bridgehead atoms. The molecule has 0 aliphatic rings. The summed E-state index contributed by atoms with van der Waals surface area (Å²) in [5.41, 5.74) is 0.981. The Bertz CT molecular complexity index is 886. The van der Waals surface area contributed by atoms with Crippen molar-refractivity contribution in [2.75, 3.05) is 0 Å². The minimum atomic E-state index is -4.72. The number of carbonyl (C=O) groups is 2. The number of carbonyl (C=O) groups excluding carboxylic acids is 1. The maximum Gasteiger partial charge on any atom is 0.391 e. The van der Waals surface area contributed by atoms with Gasteiger partial charge in [0, 0.05) is 19.5 Å². The van der Waals surface area contributed by atoms with Gasteiger partial charge in [0.1, 0.15) is 6.04 Å². The molecule has 2 aromatic rings. The number of aromatic nitrogens is 2. The third-order valence-corrected chi connectivity index (χ3v) is 4.00. The molecule has 2 N–H and O–H groups in total. The number of hydrogen-bond acceptors (Lipinski definition) is 3. The van der Waals surface area contributed by atoms with Gasteiger partial charge in [0.2, 0.25) is 5.91 Å². The Morgan fingerprint density at radius 3 is 2.19 bits per heavy atom. The number of aryl methyl sites for hydroxylation is 2. The lowest BCUT2D eigenvalue weighted by atomic mass is 10.2. The number of fused-ring (bicyclic) bond motifs is 1. The summed E-state index contributed by atoms with van der Waals surface area (Å²) in [6.45, 7) is 2.34. The molecule has 0 fully saturated rings. The van der Waals surface area contributed by atoms with Gasteiger partial charge in [-0.15, -0.1) is 0 Å². The van der Waals surface area contributed by atoms with Crippen LogP contribution in [0.1, 0.15) is 26.2 Å². The van der Waals surface area contributed by atoms with E-state index in [1.165, 1.54) is 4.57 Å². The third kappa shape index (κ3) is 5.11. The Labute approximate surface area is 152 Å². The summed E-state index contributed by atoms with van der Waals surface area (Å²) < 4.78 is 40.2. The molecule has 1 aromatic carbocycles. The Morgan fingerprint density at radius 2 is 1.70 bits per heavy atom. The number of amides is 1. The zero-order valence-electron chi connectivity index (χ0n) is 14.6. The summed E-state index contributed by atoms with van der Waals surface area (Å²) in [5, 5.41) is 10.7. The highest BCUT2D eigenvalue weighted by atomic mass is 19.4. The van der Waals surface area contributed by atoms with Crippen LogP contribution in [0.2, 0.25) is 0 Å². The van der Waals surface area contributed by atoms with Gasteiger partial charge in [-0.2, -0.15) is 13.2 Å². The quantitative estimate of drug-likeness (QED) is 0.726. The van der Waals surface area contributed by atoms with Crippen molar-refractivity contribution in [1.82, 2.24) is 14.5 Å². The maximum absolute atomic E-state index is 12.6. The predicted molar refractivity (Wildman–Crippen MR) is 91.3 cm³/mol. The average Bonchev–Trinajstić information content (AvgIpc) is 2.84. The molecule has 0 radical (unpaired) electrons. The summed E-state index contributed by atoms with van der Waals surface area (Å²) in [5.74, 6) is -2.64. The molecule has 1 aromatic heterocycles. The fourth-order valence-corrected chi connectivity index (χ4v) is 2.84. The number of hydrogen-bond donors (Lipinski definition) is 2. The van der Waals surface area contributed by atoms with Gasteiger partial charge in [0.05, 0.1) is 17.5 Å². The lowest BCUT2D eigenvalue weighted by molar-refractivity contribution is -0.160. The van der Waals surface area contributed by atoms with Crippen LogP contribution >= 0.6 is 0 Å². The van der Waals surface area contributed by atoms with Crippen LogP contribution in [0.5, 0.6) is 0 Å². The second kappa shape index (κ2) is 8.28. The Hall–Kier alpha value is -2.78.